The highest BCUT2D eigenvalue weighted by Gasteiger charge is 2.14. The van der Waals surface area contributed by atoms with E-state index in [0.717, 1.165) is 31.2 Å². The van der Waals surface area contributed by atoms with Gasteiger partial charge in [-0.15, -0.1) is 10.2 Å². The van der Waals surface area contributed by atoms with E-state index in [-0.39, 0.29) is 0 Å². The number of rotatable bonds is 5. The molecule has 2 aromatic heterocycles. The third-order valence-electron chi connectivity index (χ3n) is 4.78. The Morgan fingerprint density at radius 1 is 0.933 bits per heavy atom. The Hall–Kier alpha value is -3.33. The van der Waals surface area contributed by atoms with Crippen LogP contribution in [-0.4, -0.2) is 26.0 Å². The molecule has 30 heavy (non-hydrogen) atoms. The Kier molecular flexibility index (Phi) is 5.10. The van der Waals surface area contributed by atoms with Crippen molar-refractivity contribution in [2.75, 3.05) is 5.43 Å². The topological polar surface area (TPSA) is 68.0 Å². The number of hydrazone groups is 1. The van der Waals surface area contributed by atoms with Crippen LogP contribution in [0.25, 0.3) is 22.1 Å². The van der Waals surface area contributed by atoms with Crippen molar-refractivity contribution in [1.82, 2.24) is 19.7 Å². The minimum Gasteiger partial charge on any atom is -0.319 e. The Balaban J connectivity index is 1.52. The number of benzene rings is 3. The molecular weight excluding hydrogens is 487 g/mol. The van der Waals surface area contributed by atoms with Gasteiger partial charge in [-0.1, -0.05) is 60.7 Å². The van der Waals surface area contributed by atoms with E-state index in [1.165, 1.54) is 5.56 Å². The van der Waals surface area contributed by atoms with E-state index in [1.54, 1.807) is 6.21 Å². The summed E-state index contributed by atoms with van der Waals surface area (Å²) in [7, 11) is 0. The number of fused-ring (bicyclic) bond motifs is 3. The van der Waals surface area contributed by atoms with Gasteiger partial charge in [0.2, 0.25) is 0 Å². The number of hydrogen-bond acceptors (Lipinski definition) is 5. The monoisotopic (exact) mass is 504 g/mol. The number of para-hydroxylation sites is 1. The number of nitrogens with one attached hydrogen (secondary N) is 1. The van der Waals surface area contributed by atoms with Crippen molar-refractivity contribution in [3.05, 3.63) is 93.6 Å². The molecule has 3 aromatic carbocycles. The highest BCUT2D eigenvalue weighted by molar-refractivity contribution is 14.1. The predicted octanol–water partition coefficient (Wildman–Crippen LogP) is 5.08. The summed E-state index contributed by atoms with van der Waals surface area (Å²) in [5.74, 6) is 0.362. The molecular formula is C23H17IN6. The first-order valence-corrected chi connectivity index (χ1v) is 10.6. The normalized spacial score (nSPS) is 11.5. The first-order chi connectivity index (χ1) is 14.8. The van der Waals surface area contributed by atoms with Crippen LogP contribution >= 0.6 is 22.6 Å². The molecule has 5 rings (SSSR count). The van der Waals surface area contributed by atoms with Gasteiger partial charge in [0.1, 0.15) is 5.52 Å². The summed E-state index contributed by atoms with van der Waals surface area (Å²) in [6.07, 6.45) is 1.75. The molecule has 0 unspecified atom stereocenters. The maximum absolute atomic E-state index is 4.72. The van der Waals surface area contributed by atoms with Crippen molar-refractivity contribution >= 4 is 56.8 Å². The van der Waals surface area contributed by atoms with Crippen molar-refractivity contribution in [3.63, 3.8) is 0 Å². The minimum absolute atomic E-state index is 0.362. The average molecular weight is 504 g/mol. The fraction of sp³-hybridized carbons (Fsp3) is 0.0435. The Morgan fingerprint density at radius 2 is 1.77 bits per heavy atom. The van der Waals surface area contributed by atoms with Crippen LogP contribution in [0.1, 0.15) is 11.1 Å². The van der Waals surface area contributed by atoms with Crippen molar-refractivity contribution in [1.29, 1.82) is 0 Å². The minimum atomic E-state index is 0.362. The summed E-state index contributed by atoms with van der Waals surface area (Å²) >= 11 is 2.28. The maximum atomic E-state index is 4.72. The number of anilines is 1. The Morgan fingerprint density at radius 3 is 2.63 bits per heavy atom. The molecule has 0 amide bonds. The molecule has 6 nitrogen and oxygen atoms in total. The lowest BCUT2D eigenvalue weighted by Crippen LogP contribution is -2.04. The number of halogens is 1. The van der Waals surface area contributed by atoms with Gasteiger partial charge in [-0.25, -0.2) is 5.43 Å². The highest BCUT2D eigenvalue weighted by atomic mass is 127. The van der Waals surface area contributed by atoms with Crippen LogP contribution in [0.15, 0.2) is 84.0 Å². The molecule has 0 radical (unpaired) electrons. The molecule has 1 N–H and O–H groups in total. The van der Waals surface area contributed by atoms with Crippen molar-refractivity contribution < 1.29 is 0 Å². The second-order valence-electron chi connectivity index (χ2n) is 6.82. The summed E-state index contributed by atoms with van der Waals surface area (Å²) in [4.78, 5) is 4.72. The van der Waals surface area contributed by atoms with Crippen LogP contribution in [0.5, 0.6) is 0 Å². The summed E-state index contributed by atoms with van der Waals surface area (Å²) in [6.45, 7) is 0.703. The van der Waals surface area contributed by atoms with E-state index < -0.39 is 0 Å². The van der Waals surface area contributed by atoms with Gasteiger partial charge in [-0.05, 0) is 51.9 Å². The molecule has 7 heteroatoms. The molecule has 0 saturated carbocycles. The first-order valence-electron chi connectivity index (χ1n) is 9.48. The van der Waals surface area contributed by atoms with Gasteiger partial charge in [-0.2, -0.15) is 10.1 Å². The molecule has 0 spiro atoms. The second-order valence-corrected chi connectivity index (χ2v) is 8.07. The van der Waals surface area contributed by atoms with Crippen LogP contribution in [0.2, 0.25) is 0 Å². The van der Waals surface area contributed by atoms with Crippen molar-refractivity contribution in [3.8, 4) is 0 Å². The number of nitrogens with zero attached hydrogens (tertiary/aromatic N) is 5. The molecule has 0 fully saturated rings. The Labute approximate surface area is 186 Å². The SMILES string of the molecule is Ic1cccc(C=NNc2nnc3c4ccccc4n(Cc4ccccc4)c3n2)c1. The van der Waals surface area contributed by atoms with Gasteiger partial charge in [0, 0.05) is 15.5 Å². The summed E-state index contributed by atoms with van der Waals surface area (Å²) in [5.41, 5.74) is 7.76. The molecule has 0 bridgehead atoms. The second kappa shape index (κ2) is 8.19. The number of aromatic nitrogens is 4. The van der Waals surface area contributed by atoms with E-state index in [4.69, 9.17) is 4.98 Å². The molecule has 0 aliphatic rings. The molecule has 0 aliphatic heterocycles. The van der Waals surface area contributed by atoms with Crippen LogP contribution in [-0.2, 0) is 6.54 Å². The van der Waals surface area contributed by atoms with Crippen LogP contribution in [0, 0.1) is 3.57 Å². The van der Waals surface area contributed by atoms with E-state index in [2.05, 4.69) is 72.1 Å². The number of hydrogen-bond donors (Lipinski definition) is 1. The largest absolute Gasteiger partial charge is 0.319 e. The van der Waals surface area contributed by atoms with Crippen LogP contribution in [0.3, 0.4) is 0 Å². The van der Waals surface area contributed by atoms with Gasteiger partial charge in [0.25, 0.3) is 5.95 Å². The van der Waals surface area contributed by atoms with E-state index >= 15 is 0 Å². The third kappa shape index (κ3) is 3.76. The zero-order chi connectivity index (χ0) is 20.3. The van der Waals surface area contributed by atoms with Gasteiger partial charge >= 0.3 is 0 Å². The quantitative estimate of drug-likeness (QED) is 0.206. The molecule has 146 valence electrons. The summed E-state index contributed by atoms with van der Waals surface area (Å²) in [6, 6.07) is 26.6. The first kappa shape index (κ1) is 18.7. The van der Waals surface area contributed by atoms with Crippen LogP contribution < -0.4 is 5.43 Å². The molecule has 5 aromatic rings. The van der Waals surface area contributed by atoms with Gasteiger partial charge in [0.15, 0.2) is 5.65 Å². The van der Waals surface area contributed by atoms with Crippen LogP contribution in [0.4, 0.5) is 5.95 Å². The molecule has 0 saturated heterocycles. The van der Waals surface area contributed by atoms with E-state index in [0.29, 0.717) is 12.5 Å². The van der Waals surface area contributed by atoms with Gasteiger partial charge in [-0.3, -0.25) is 0 Å². The van der Waals surface area contributed by atoms with Gasteiger partial charge < -0.3 is 4.57 Å². The van der Waals surface area contributed by atoms with E-state index in [1.807, 2.05) is 54.6 Å². The lowest BCUT2D eigenvalue weighted by atomic mass is 10.2. The molecule has 0 atom stereocenters. The zero-order valence-electron chi connectivity index (χ0n) is 15.9. The smallest absolute Gasteiger partial charge is 0.265 e. The van der Waals surface area contributed by atoms with E-state index in [9.17, 15) is 0 Å². The molecule has 0 aliphatic carbocycles. The summed E-state index contributed by atoms with van der Waals surface area (Å²) < 4.78 is 3.32. The standard InChI is InChI=1S/C23H17IN6/c24-18-10-6-9-17(13-18)14-25-28-23-26-22-21(27-29-23)19-11-4-5-12-20(19)30(22)15-16-7-2-1-3-8-16/h1-14H,15H2,(H,26,28,29). The van der Waals surface area contributed by atoms with Crippen molar-refractivity contribution in [2.45, 2.75) is 6.54 Å². The zero-order valence-corrected chi connectivity index (χ0v) is 18.1. The maximum Gasteiger partial charge on any atom is 0.265 e. The fourth-order valence-electron chi connectivity index (χ4n) is 3.43. The fourth-order valence-corrected chi connectivity index (χ4v) is 4.00. The average Bonchev–Trinajstić information content (AvgIpc) is 3.08. The third-order valence-corrected chi connectivity index (χ3v) is 5.46. The predicted molar refractivity (Wildman–Crippen MR) is 129 cm³/mol. The van der Waals surface area contributed by atoms with Crippen molar-refractivity contribution in [2.24, 2.45) is 5.10 Å². The molecule has 2 heterocycles. The highest BCUT2D eigenvalue weighted by Crippen LogP contribution is 2.27. The summed E-state index contributed by atoms with van der Waals surface area (Å²) in [5, 5.41) is 14.0. The Bertz CT molecular complexity index is 1360. The lowest BCUT2D eigenvalue weighted by Gasteiger charge is -2.07. The van der Waals surface area contributed by atoms with Gasteiger partial charge in [0.05, 0.1) is 11.7 Å². The lowest BCUT2D eigenvalue weighted by molar-refractivity contribution is 0.848.